The van der Waals surface area contributed by atoms with Crippen LogP contribution in [0.5, 0.6) is 0 Å². The summed E-state index contributed by atoms with van der Waals surface area (Å²) in [6, 6.07) is 9.95. The van der Waals surface area contributed by atoms with Crippen LogP contribution in [0.25, 0.3) is 0 Å². The summed E-state index contributed by atoms with van der Waals surface area (Å²) < 4.78 is 4.55. The molecule has 0 unspecified atom stereocenters. The zero-order valence-corrected chi connectivity index (χ0v) is 9.76. The van der Waals surface area contributed by atoms with Gasteiger partial charge in [0.05, 0.1) is 0 Å². The zero-order valence-electron chi connectivity index (χ0n) is 8.18. The van der Waals surface area contributed by atoms with E-state index in [9.17, 15) is 0 Å². The Morgan fingerprint density at radius 2 is 2.06 bits per heavy atom. The molecule has 0 aliphatic heterocycles. The smallest absolute Gasteiger partial charge is 0.178 e. The topological polar surface area (TPSA) is 62.8 Å². The molecular formula is C10H8ClN3OS. The van der Waals surface area contributed by atoms with E-state index in [1.165, 1.54) is 17.3 Å². The first-order valence-electron chi connectivity index (χ1n) is 4.51. The fraction of sp³-hybridized carbons (Fsp3) is 0.100. The lowest BCUT2D eigenvalue weighted by Crippen LogP contribution is -1.91. The quantitative estimate of drug-likeness (QED) is 0.672. The molecule has 0 spiro atoms. The molecule has 0 fully saturated rings. The van der Waals surface area contributed by atoms with Crippen molar-refractivity contribution in [2.45, 2.75) is 10.8 Å². The van der Waals surface area contributed by atoms with Crippen molar-refractivity contribution >= 4 is 28.5 Å². The van der Waals surface area contributed by atoms with Crippen LogP contribution >= 0.6 is 23.4 Å². The molecule has 0 aliphatic rings. The van der Waals surface area contributed by atoms with Gasteiger partial charge in [-0.25, -0.2) is 4.63 Å². The van der Waals surface area contributed by atoms with E-state index < -0.39 is 0 Å². The van der Waals surface area contributed by atoms with Crippen LogP contribution in [0.1, 0.15) is 11.3 Å². The Kier molecular flexibility index (Phi) is 3.58. The normalized spacial score (nSPS) is 10.3. The molecule has 0 atom stereocenters. The number of hydrogen-bond acceptors (Lipinski definition) is 5. The van der Waals surface area contributed by atoms with Crippen LogP contribution in [-0.4, -0.2) is 15.5 Å². The minimum atomic E-state index is -0.156. The van der Waals surface area contributed by atoms with Gasteiger partial charge in [0.25, 0.3) is 0 Å². The first-order valence-corrected chi connectivity index (χ1v) is 5.87. The molecule has 1 N–H and O–H groups in total. The van der Waals surface area contributed by atoms with Gasteiger partial charge in [0.2, 0.25) is 0 Å². The summed E-state index contributed by atoms with van der Waals surface area (Å²) in [6.07, 6.45) is 0. The lowest BCUT2D eigenvalue weighted by atomic mass is 10.2. The molecule has 1 heterocycles. The highest BCUT2D eigenvalue weighted by molar-refractivity contribution is 7.98. The molecule has 2 rings (SSSR count). The lowest BCUT2D eigenvalue weighted by molar-refractivity contribution is 0.298. The van der Waals surface area contributed by atoms with Crippen LogP contribution in [0.2, 0.25) is 0 Å². The molecule has 0 bridgehead atoms. The predicted molar refractivity (Wildman–Crippen MR) is 63.0 cm³/mol. The summed E-state index contributed by atoms with van der Waals surface area (Å²) in [7, 11) is 0. The van der Waals surface area contributed by atoms with Crippen molar-refractivity contribution in [2.75, 3.05) is 0 Å². The number of nitrogens with one attached hydrogen (secondary N) is 1. The second-order valence-electron chi connectivity index (χ2n) is 3.01. The van der Waals surface area contributed by atoms with Crippen molar-refractivity contribution in [3.05, 3.63) is 41.6 Å². The number of nitrogens with zero attached hydrogens (tertiary/aromatic N) is 2. The van der Waals surface area contributed by atoms with Crippen LogP contribution in [-0.2, 0) is 5.75 Å². The molecule has 0 radical (unpaired) electrons. The molecule has 2 aromatic rings. The Morgan fingerprint density at radius 3 is 2.75 bits per heavy atom. The summed E-state index contributed by atoms with van der Waals surface area (Å²) in [5.41, 5.74) is 1.46. The number of thioether (sulfide) groups is 1. The van der Waals surface area contributed by atoms with Gasteiger partial charge >= 0.3 is 0 Å². The van der Waals surface area contributed by atoms with Gasteiger partial charge < -0.3 is 0 Å². The van der Waals surface area contributed by atoms with E-state index in [-0.39, 0.29) is 5.17 Å². The van der Waals surface area contributed by atoms with Gasteiger partial charge in [-0.05, 0) is 15.9 Å². The van der Waals surface area contributed by atoms with Crippen LogP contribution in [0.4, 0.5) is 0 Å². The Bertz CT molecular complexity index is 486. The fourth-order valence-corrected chi connectivity index (χ4v) is 2.17. The van der Waals surface area contributed by atoms with Gasteiger partial charge in [-0.3, -0.25) is 5.41 Å². The van der Waals surface area contributed by atoms with Crippen LogP contribution < -0.4 is 0 Å². The van der Waals surface area contributed by atoms with Crippen molar-refractivity contribution in [3.63, 3.8) is 0 Å². The van der Waals surface area contributed by atoms with E-state index in [4.69, 9.17) is 17.0 Å². The highest BCUT2D eigenvalue weighted by atomic mass is 35.5. The second-order valence-corrected chi connectivity index (χ2v) is 4.35. The Balaban J connectivity index is 2.05. The molecule has 1 aromatic heterocycles. The number of hydrogen-bond donors (Lipinski definition) is 1. The van der Waals surface area contributed by atoms with E-state index in [1.807, 2.05) is 30.3 Å². The first-order chi connectivity index (χ1) is 7.77. The number of rotatable bonds is 4. The number of aromatic nitrogens is 2. The maximum Gasteiger partial charge on any atom is 0.178 e. The molecule has 0 amide bonds. The van der Waals surface area contributed by atoms with Crippen LogP contribution in [0.3, 0.4) is 0 Å². The van der Waals surface area contributed by atoms with Crippen LogP contribution in [0, 0.1) is 5.41 Å². The van der Waals surface area contributed by atoms with Crippen molar-refractivity contribution in [2.24, 2.45) is 0 Å². The molecule has 0 saturated carbocycles. The summed E-state index contributed by atoms with van der Waals surface area (Å²) in [5, 5.41) is 14.9. The molecule has 0 aliphatic carbocycles. The summed E-state index contributed by atoms with van der Waals surface area (Å²) in [4.78, 5) is 0. The molecule has 1 aromatic carbocycles. The number of benzene rings is 1. The monoisotopic (exact) mass is 253 g/mol. The largest absolute Gasteiger partial charge is 0.287 e. The van der Waals surface area contributed by atoms with Gasteiger partial charge in [-0.1, -0.05) is 53.7 Å². The minimum Gasteiger partial charge on any atom is -0.287 e. The highest BCUT2D eigenvalue weighted by Gasteiger charge is 2.13. The highest BCUT2D eigenvalue weighted by Crippen LogP contribution is 2.24. The van der Waals surface area contributed by atoms with Crippen molar-refractivity contribution in [1.82, 2.24) is 10.3 Å². The van der Waals surface area contributed by atoms with Crippen molar-refractivity contribution < 1.29 is 4.63 Å². The van der Waals surface area contributed by atoms with Gasteiger partial charge in [0, 0.05) is 5.75 Å². The van der Waals surface area contributed by atoms with E-state index in [2.05, 4.69) is 14.9 Å². The number of halogens is 1. The minimum absolute atomic E-state index is 0.156. The first kappa shape index (κ1) is 11.2. The predicted octanol–water partition coefficient (Wildman–Crippen LogP) is 2.93. The standard InChI is InChI=1S/C10H8ClN3OS/c11-9(12)8-10(14-15-13-8)16-6-7-4-2-1-3-5-7/h1-5,12H,6H2. The van der Waals surface area contributed by atoms with E-state index in [1.54, 1.807) is 0 Å². The fourth-order valence-electron chi connectivity index (χ4n) is 1.14. The maximum absolute atomic E-state index is 7.27. The summed E-state index contributed by atoms with van der Waals surface area (Å²) in [6.45, 7) is 0. The average Bonchev–Trinajstić information content (AvgIpc) is 2.76. The lowest BCUT2D eigenvalue weighted by Gasteiger charge is -1.98. The van der Waals surface area contributed by atoms with Gasteiger partial charge in [-0.2, -0.15) is 0 Å². The van der Waals surface area contributed by atoms with Crippen LogP contribution in [0.15, 0.2) is 40.0 Å². The van der Waals surface area contributed by atoms with E-state index >= 15 is 0 Å². The molecule has 82 valence electrons. The zero-order chi connectivity index (χ0) is 11.4. The Hall–Kier alpha value is -1.33. The molecular weight excluding hydrogens is 246 g/mol. The second kappa shape index (κ2) is 5.14. The Morgan fingerprint density at radius 1 is 1.31 bits per heavy atom. The maximum atomic E-state index is 7.27. The third kappa shape index (κ3) is 2.62. The average molecular weight is 254 g/mol. The molecule has 4 nitrogen and oxygen atoms in total. The van der Waals surface area contributed by atoms with E-state index in [0.29, 0.717) is 10.7 Å². The SMILES string of the molecule is N=C(Cl)c1nonc1SCc1ccccc1. The third-order valence-electron chi connectivity index (χ3n) is 1.88. The van der Waals surface area contributed by atoms with Gasteiger partial charge in [0.15, 0.2) is 15.9 Å². The van der Waals surface area contributed by atoms with Gasteiger partial charge in [-0.15, -0.1) is 0 Å². The Labute approximate surface area is 101 Å². The molecule has 16 heavy (non-hydrogen) atoms. The van der Waals surface area contributed by atoms with Crippen molar-refractivity contribution in [1.29, 1.82) is 5.41 Å². The molecule has 6 heteroatoms. The summed E-state index contributed by atoms with van der Waals surface area (Å²) >= 11 is 6.98. The molecule has 0 saturated heterocycles. The summed E-state index contributed by atoms with van der Waals surface area (Å²) in [5.74, 6) is 0.742. The van der Waals surface area contributed by atoms with Gasteiger partial charge in [0.1, 0.15) is 0 Å². The van der Waals surface area contributed by atoms with Crippen molar-refractivity contribution in [3.8, 4) is 0 Å². The van der Waals surface area contributed by atoms with E-state index in [0.717, 1.165) is 5.75 Å². The third-order valence-corrected chi connectivity index (χ3v) is 3.08.